The Morgan fingerprint density at radius 3 is 0.360 bits per heavy atom. The summed E-state index contributed by atoms with van der Waals surface area (Å²) in [4.78, 5) is 0. The summed E-state index contributed by atoms with van der Waals surface area (Å²) in [6, 6.07) is 0. The second-order valence-electron chi connectivity index (χ2n) is 17.0. The maximum absolute atomic E-state index is 4.30. The SMILES string of the molecule is CCCCCCCCCCCCCCCCCCCCCCCCCCCCCCCCCCCCCCCCCCCCCCCCCS. The van der Waals surface area contributed by atoms with Crippen molar-refractivity contribution in [3.63, 3.8) is 0 Å². The molecule has 302 valence electrons. The van der Waals surface area contributed by atoms with Gasteiger partial charge in [0.2, 0.25) is 0 Å². The van der Waals surface area contributed by atoms with Crippen LogP contribution in [-0.4, -0.2) is 5.75 Å². The number of hydrogen-bond acceptors (Lipinski definition) is 1. The molecule has 0 heterocycles. The summed E-state index contributed by atoms with van der Waals surface area (Å²) in [5.74, 6) is 1.07. The van der Waals surface area contributed by atoms with E-state index in [-0.39, 0.29) is 0 Å². The minimum absolute atomic E-state index is 1.07. The van der Waals surface area contributed by atoms with Crippen LogP contribution in [0.5, 0.6) is 0 Å². The first-order valence-electron chi connectivity index (χ1n) is 24.5. The van der Waals surface area contributed by atoms with E-state index in [0.29, 0.717) is 0 Å². The lowest BCUT2D eigenvalue weighted by molar-refractivity contribution is 0.508. The van der Waals surface area contributed by atoms with E-state index >= 15 is 0 Å². The number of rotatable bonds is 47. The van der Waals surface area contributed by atoms with Gasteiger partial charge in [-0.15, -0.1) is 0 Å². The van der Waals surface area contributed by atoms with E-state index < -0.39 is 0 Å². The van der Waals surface area contributed by atoms with Crippen molar-refractivity contribution in [1.29, 1.82) is 0 Å². The molecule has 0 aliphatic heterocycles. The third-order valence-corrected chi connectivity index (χ3v) is 12.1. The molecule has 0 rings (SSSR count). The monoisotopic (exact) mass is 721 g/mol. The van der Waals surface area contributed by atoms with Crippen LogP contribution in [0.25, 0.3) is 0 Å². The molecule has 0 amide bonds. The maximum atomic E-state index is 4.30. The molecule has 0 aromatic carbocycles. The van der Waals surface area contributed by atoms with Crippen LogP contribution in [0, 0.1) is 0 Å². The van der Waals surface area contributed by atoms with Gasteiger partial charge in [0.15, 0.2) is 0 Å². The highest BCUT2D eigenvalue weighted by atomic mass is 32.1. The fraction of sp³-hybridized carbons (Fsp3) is 1.00. The minimum atomic E-state index is 1.07. The largest absolute Gasteiger partial charge is 0.179 e. The molecule has 1 heteroatoms. The molecular formula is C49H100S. The average Bonchev–Trinajstić information content (AvgIpc) is 3.13. The van der Waals surface area contributed by atoms with E-state index in [0.717, 1.165) is 5.75 Å². The number of thiol groups is 1. The fourth-order valence-electron chi connectivity index (χ4n) is 8.14. The molecule has 0 aliphatic carbocycles. The highest BCUT2D eigenvalue weighted by Gasteiger charge is 1.98. The quantitative estimate of drug-likeness (QED) is 0.0470. The Labute approximate surface area is 325 Å². The lowest BCUT2D eigenvalue weighted by Crippen LogP contribution is -1.85. The Hall–Kier alpha value is 0.350. The van der Waals surface area contributed by atoms with Crippen LogP contribution in [0.1, 0.15) is 309 Å². The van der Waals surface area contributed by atoms with E-state index in [1.54, 1.807) is 0 Å². The van der Waals surface area contributed by atoms with E-state index in [1.807, 2.05) is 0 Å². The summed E-state index contributed by atoms with van der Waals surface area (Å²) in [5.41, 5.74) is 0. The van der Waals surface area contributed by atoms with Crippen LogP contribution in [0.15, 0.2) is 0 Å². The van der Waals surface area contributed by atoms with Gasteiger partial charge >= 0.3 is 0 Å². The molecule has 0 unspecified atom stereocenters. The smallest absolute Gasteiger partial charge is 0.00979 e. The molecule has 0 atom stereocenters. The second kappa shape index (κ2) is 49.4. The molecule has 0 nitrogen and oxygen atoms in total. The molecule has 0 spiro atoms. The summed E-state index contributed by atoms with van der Waals surface area (Å²) in [6.45, 7) is 2.31. The predicted molar refractivity (Wildman–Crippen MR) is 237 cm³/mol. The number of hydrogen-bond donors (Lipinski definition) is 1. The Bertz CT molecular complexity index is 495. The van der Waals surface area contributed by atoms with Gasteiger partial charge in [-0.05, 0) is 12.2 Å². The van der Waals surface area contributed by atoms with Gasteiger partial charge in [-0.25, -0.2) is 0 Å². The standard InChI is InChI=1S/C49H100S/c1-2-3-4-5-6-7-8-9-10-11-12-13-14-15-16-17-18-19-20-21-22-23-24-25-26-27-28-29-30-31-32-33-34-35-36-37-38-39-40-41-42-43-44-45-46-47-48-49-50/h50H,2-49H2,1H3. The van der Waals surface area contributed by atoms with Crippen LogP contribution in [0.2, 0.25) is 0 Å². The van der Waals surface area contributed by atoms with Crippen LogP contribution in [0.4, 0.5) is 0 Å². The van der Waals surface area contributed by atoms with Gasteiger partial charge in [-0.3, -0.25) is 0 Å². The predicted octanol–water partition coefficient (Wildman–Crippen LogP) is 19.3. The van der Waals surface area contributed by atoms with Crippen LogP contribution in [-0.2, 0) is 0 Å². The van der Waals surface area contributed by atoms with Gasteiger partial charge in [0.25, 0.3) is 0 Å². The topological polar surface area (TPSA) is 0 Å². The Morgan fingerprint density at radius 2 is 0.260 bits per heavy atom. The molecule has 0 aromatic rings. The van der Waals surface area contributed by atoms with Crippen molar-refractivity contribution in [2.24, 2.45) is 0 Å². The molecule has 0 bridgehead atoms. The zero-order valence-corrected chi connectivity index (χ0v) is 36.3. The molecule has 0 N–H and O–H groups in total. The second-order valence-corrected chi connectivity index (χ2v) is 17.4. The van der Waals surface area contributed by atoms with E-state index in [9.17, 15) is 0 Å². The Balaban J connectivity index is 3.04. The van der Waals surface area contributed by atoms with E-state index in [1.165, 1.54) is 302 Å². The first kappa shape index (κ1) is 50.4. The van der Waals surface area contributed by atoms with Crippen molar-refractivity contribution in [2.45, 2.75) is 309 Å². The van der Waals surface area contributed by atoms with Crippen LogP contribution in [0.3, 0.4) is 0 Å². The molecule has 0 aliphatic rings. The summed E-state index contributed by atoms with van der Waals surface area (Å²) in [7, 11) is 0. The van der Waals surface area contributed by atoms with Crippen molar-refractivity contribution < 1.29 is 0 Å². The third-order valence-electron chi connectivity index (χ3n) is 11.8. The first-order chi connectivity index (χ1) is 24.9. The maximum Gasteiger partial charge on any atom is -0.00979 e. The van der Waals surface area contributed by atoms with Gasteiger partial charge < -0.3 is 0 Å². The van der Waals surface area contributed by atoms with Crippen molar-refractivity contribution in [1.82, 2.24) is 0 Å². The van der Waals surface area contributed by atoms with E-state index in [2.05, 4.69) is 19.6 Å². The summed E-state index contributed by atoms with van der Waals surface area (Å²) in [6.07, 6.45) is 69.5. The molecule has 0 radical (unpaired) electrons. The fourth-order valence-corrected chi connectivity index (χ4v) is 8.36. The lowest BCUT2D eigenvalue weighted by Gasteiger charge is -2.05. The summed E-state index contributed by atoms with van der Waals surface area (Å²) >= 11 is 4.30. The van der Waals surface area contributed by atoms with Gasteiger partial charge in [-0.2, -0.15) is 12.6 Å². The third kappa shape index (κ3) is 48.3. The zero-order valence-electron chi connectivity index (χ0n) is 35.4. The normalized spacial score (nSPS) is 11.6. The number of unbranched alkanes of at least 4 members (excludes halogenated alkanes) is 46. The van der Waals surface area contributed by atoms with Crippen molar-refractivity contribution in [2.75, 3.05) is 5.75 Å². The molecule has 0 fully saturated rings. The Kier molecular flexibility index (Phi) is 49.7. The molecule has 0 saturated heterocycles. The van der Waals surface area contributed by atoms with Gasteiger partial charge in [0, 0.05) is 0 Å². The molecule has 0 saturated carbocycles. The van der Waals surface area contributed by atoms with E-state index in [4.69, 9.17) is 0 Å². The van der Waals surface area contributed by atoms with Gasteiger partial charge in [0.1, 0.15) is 0 Å². The molecule has 0 aromatic heterocycles. The van der Waals surface area contributed by atoms with Crippen molar-refractivity contribution in [3.05, 3.63) is 0 Å². The zero-order chi connectivity index (χ0) is 35.9. The molecule has 50 heavy (non-hydrogen) atoms. The van der Waals surface area contributed by atoms with Crippen LogP contribution < -0.4 is 0 Å². The lowest BCUT2D eigenvalue weighted by atomic mass is 10.0. The minimum Gasteiger partial charge on any atom is -0.179 e. The first-order valence-corrected chi connectivity index (χ1v) is 25.2. The van der Waals surface area contributed by atoms with Crippen LogP contribution >= 0.6 is 12.6 Å². The Morgan fingerprint density at radius 1 is 0.160 bits per heavy atom. The summed E-state index contributed by atoms with van der Waals surface area (Å²) < 4.78 is 0. The highest BCUT2D eigenvalue weighted by molar-refractivity contribution is 7.80. The van der Waals surface area contributed by atoms with Gasteiger partial charge in [-0.1, -0.05) is 302 Å². The van der Waals surface area contributed by atoms with Crippen molar-refractivity contribution >= 4 is 12.6 Å². The van der Waals surface area contributed by atoms with Gasteiger partial charge in [0.05, 0.1) is 0 Å². The van der Waals surface area contributed by atoms with Crippen molar-refractivity contribution in [3.8, 4) is 0 Å². The highest BCUT2D eigenvalue weighted by Crippen LogP contribution is 2.18. The summed E-state index contributed by atoms with van der Waals surface area (Å²) in [5, 5.41) is 0. The molecular weight excluding hydrogens is 621 g/mol. The average molecular weight is 721 g/mol.